The smallest absolute Gasteiger partial charge is 0.318 e. The quantitative estimate of drug-likeness (QED) is 0.183. The van der Waals surface area contributed by atoms with Gasteiger partial charge < -0.3 is 14.7 Å². The van der Waals surface area contributed by atoms with E-state index in [-0.39, 0.29) is 65.4 Å². The first kappa shape index (κ1) is 31.8. The van der Waals surface area contributed by atoms with E-state index in [0.29, 0.717) is 30.5 Å². The second kappa shape index (κ2) is 12.3. The van der Waals surface area contributed by atoms with E-state index in [1.807, 2.05) is 0 Å². The third-order valence-electron chi connectivity index (χ3n) is 9.97. The summed E-state index contributed by atoms with van der Waals surface area (Å²) in [7, 11) is 0. The Labute approximate surface area is 273 Å². The SMILES string of the molecule is C=C(F)C(=O)N1CCC(c2nc(OC[C@@]34CCCN3C[C@H](F)C4)nc3nc(-c4cc(O)cc5cccc(F)c45)c(F)cc23)C[C@@H]1CC#N. The fraction of sp³-hybridized carbons (Fsp3) is 0.400. The Balaban J connectivity index is 1.34. The molecule has 0 spiro atoms. The number of fused-ring (bicyclic) bond motifs is 3. The molecule has 4 aromatic rings. The summed E-state index contributed by atoms with van der Waals surface area (Å²) < 4.78 is 65.7. The van der Waals surface area contributed by atoms with Gasteiger partial charge in [0.25, 0.3) is 5.91 Å². The molecule has 0 aliphatic carbocycles. The van der Waals surface area contributed by atoms with E-state index in [1.54, 1.807) is 6.07 Å². The van der Waals surface area contributed by atoms with Crippen molar-refractivity contribution in [3.63, 3.8) is 0 Å². The van der Waals surface area contributed by atoms with Crippen molar-refractivity contribution >= 4 is 27.7 Å². The van der Waals surface area contributed by atoms with Crippen LogP contribution in [-0.4, -0.2) is 79.8 Å². The molecule has 2 aromatic heterocycles. The first-order valence-electron chi connectivity index (χ1n) is 15.9. The number of rotatable bonds is 7. The highest BCUT2D eigenvalue weighted by Crippen LogP contribution is 2.42. The standard InChI is InChI=1S/C35H32F4N6O3/c1-19(36)33(47)45-11-7-21(12-23(45)6-9-40)30-26-15-28(39)31(25-14-24(46)13-20-4-2-5-27(38)29(20)25)41-32(26)43-34(42-30)48-18-35-8-3-10-44(35)17-22(37)16-35/h2,4-5,13-15,21-23,46H,1,3,6-8,10-12,16-18H2/t21?,22-,23+,35+/m1/s1. The van der Waals surface area contributed by atoms with Crippen LogP contribution < -0.4 is 4.74 Å². The van der Waals surface area contributed by atoms with Gasteiger partial charge in [-0.2, -0.15) is 15.2 Å². The third kappa shape index (κ3) is 5.57. The van der Waals surface area contributed by atoms with Crippen LogP contribution in [0.2, 0.25) is 0 Å². The van der Waals surface area contributed by atoms with E-state index in [0.717, 1.165) is 19.4 Å². The van der Waals surface area contributed by atoms with E-state index in [1.165, 1.54) is 35.2 Å². The summed E-state index contributed by atoms with van der Waals surface area (Å²) in [6.45, 7) is 4.42. The molecule has 3 aliphatic heterocycles. The largest absolute Gasteiger partial charge is 0.508 e. The number of hydrogen-bond acceptors (Lipinski definition) is 8. The number of benzene rings is 2. The molecule has 1 unspecified atom stereocenters. The fourth-order valence-electron chi connectivity index (χ4n) is 7.82. The number of phenolic OH excluding ortho intramolecular Hbond substituents is 1. The van der Waals surface area contributed by atoms with Crippen molar-refractivity contribution in [2.24, 2.45) is 0 Å². The zero-order chi connectivity index (χ0) is 33.7. The molecule has 3 saturated heterocycles. The number of halogens is 4. The second-order valence-corrected chi connectivity index (χ2v) is 12.9. The number of nitrogens with zero attached hydrogens (tertiary/aromatic N) is 6. The van der Waals surface area contributed by atoms with Gasteiger partial charge in [-0.15, -0.1) is 0 Å². The number of carbonyl (C=O) groups is 1. The van der Waals surface area contributed by atoms with Gasteiger partial charge >= 0.3 is 6.01 Å². The number of ether oxygens (including phenoxy) is 1. The first-order chi connectivity index (χ1) is 23.1. The van der Waals surface area contributed by atoms with E-state index in [4.69, 9.17) is 9.72 Å². The number of likely N-dealkylation sites (tertiary alicyclic amines) is 1. The highest BCUT2D eigenvalue weighted by Gasteiger charge is 2.49. The normalized spacial score (nSPS) is 24.1. The number of piperidine rings is 1. The Kier molecular flexibility index (Phi) is 8.15. The fourth-order valence-corrected chi connectivity index (χ4v) is 7.82. The lowest BCUT2D eigenvalue weighted by Crippen LogP contribution is -2.45. The molecule has 1 amide bonds. The monoisotopic (exact) mass is 660 g/mol. The number of pyridine rings is 1. The molecular formula is C35H32F4N6O3. The van der Waals surface area contributed by atoms with Crippen LogP contribution in [0.5, 0.6) is 11.8 Å². The average Bonchev–Trinajstić information content (AvgIpc) is 3.58. The average molecular weight is 661 g/mol. The Morgan fingerprint density at radius 3 is 2.79 bits per heavy atom. The van der Waals surface area contributed by atoms with Gasteiger partial charge in [-0.05, 0) is 61.9 Å². The molecule has 9 nitrogen and oxygen atoms in total. The van der Waals surface area contributed by atoms with Crippen LogP contribution in [0, 0.1) is 23.0 Å². The van der Waals surface area contributed by atoms with E-state index >= 15 is 8.78 Å². The second-order valence-electron chi connectivity index (χ2n) is 12.9. The number of alkyl halides is 1. The van der Waals surface area contributed by atoms with Crippen molar-refractivity contribution in [3.05, 3.63) is 66.1 Å². The van der Waals surface area contributed by atoms with Crippen LogP contribution in [0.4, 0.5) is 17.6 Å². The Hall–Kier alpha value is -4.83. The molecule has 4 atom stereocenters. The molecule has 3 aliphatic rings. The maximum absolute atomic E-state index is 16.1. The number of nitriles is 1. The molecule has 0 saturated carbocycles. The summed E-state index contributed by atoms with van der Waals surface area (Å²) in [6.07, 6.45) is 1.44. The van der Waals surface area contributed by atoms with Crippen LogP contribution >= 0.6 is 0 Å². The maximum atomic E-state index is 16.1. The minimum absolute atomic E-state index is 0.0258. The molecule has 5 heterocycles. The lowest BCUT2D eigenvalue weighted by Gasteiger charge is -2.38. The van der Waals surface area contributed by atoms with Gasteiger partial charge in [-0.25, -0.2) is 22.5 Å². The Bertz CT molecular complexity index is 2000. The predicted molar refractivity (Wildman–Crippen MR) is 168 cm³/mol. The van der Waals surface area contributed by atoms with Crippen LogP contribution in [-0.2, 0) is 4.79 Å². The van der Waals surface area contributed by atoms with Crippen molar-refractivity contribution in [1.82, 2.24) is 24.8 Å². The molecule has 1 N–H and O–H groups in total. The maximum Gasteiger partial charge on any atom is 0.318 e. The molecule has 13 heteroatoms. The number of aromatic nitrogens is 3. The lowest BCUT2D eigenvalue weighted by atomic mass is 9.85. The van der Waals surface area contributed by atoms with Gasteiger partial charge in [0.15, 0.2) is 11.5 Å². The molecule has 3 fully saturated rings. The Morgan fingerprint density at radius 2 is 2.00 bits per heavy atom. The zero-order valence-corrected chi connectivity index (χ0v) is 25.9. The topological polar surface area (TPSA) is 115 Å². The lowest BCUT2D eigenvalue weighted by molar-refractivity contribution is -0.132. The third-order valence-corrected chi connectivity index (χ3v) is 9.97. The molecule has 248 valence electrons. The summed E-state index contributed by atoms with van der Waals surface area (Å²) in [5.74, 6) is -4.09. The van der Waals surface area contributed by atoms with E-state index < -0.39 is 47.0 Å². The van der Waals surface area contributed by atoms with Gasteiger partial charge in [0.1, 0.15) is 35.9 Å². The van der Waals surface area contributed by atoms with Crippen LogP contribution in [0.3, 0.4) is 0 Å². The number of amides is 1. The van der Waals surface area contributed by atoms with Gasteiger partial charge in [-0.1, -0.05) is 18.7 Å². The first-order valence-corrected chi connectivity index (χ1v) is 15.9. The summed E-state index contributed by atoms with van der Waals surface area (Å²) >= 11 is 0. The van der Waals surface area contributed by atoms with Gasteiger partial charge in [-0.3, -0.25) is 9.69 Å². The molecular weight excluding hydrogens is 628 g/mol. The number of aromatic hydroxyl groups is 1. The van der Waals surface area contributed by atoms with Gasteiger partial charge in [0.05, 0.1) is 23.7 Å². The van der Waals surface area contributed by atoms with Crippen molar-refractivity contribution < 1.29 is 32.2 Å². The van der Waals surface area contributed by atoms with Crippen LogP contribution in [0.25, 0.3) is 33.1 Å². The van der Waals surface area contributed by atoms with E-state index in [2.05, 4.69) is 27.5 Å². The molecule has 48 heavy (non-hydrogen) atoms. The molecule has 0 bridgehead atoms. The van der Waals surface area contributed by atoms with Crippen molar-refractivity contribution in [2.45, 2.75) is 62.2 Å². The van der Waals surface area contributed by atoms with Crippen molar-refractivity contribution in [1.29, 1.82) is 5.26 Å². The number of hydrogen-bond donors (Lipinski definition) is 1. The summed E-state index contributed by atoms with van der Waals surface area (Å²) in [6, 6.07) is 9.45. The van der Waals surface area contributed by atoms with Gasteiger partial charge in [0.2, 0.25) is 0 Å². The van der Waals surface area contributed by atoms with Crippen LogP contribution in [0.15, 0.2) is 48.8 Å². The van der Waals surface area contributed by atoms with Crippen LogP contribution in [0.1, 0.15) is 50.1 Å². The summed E-state index contributed by atoms with van der Waals surface area (Å²) in [5, 5.41) is 20.6. The minimum Gasteiger partial charge on any atom is -0.508 e. The highest BCUT2D eigenvalue weighted by molar-refractivity contribution is 5.98. The summed E-state index contributed by atoms with van der Waals surface area (Å²) in [5.41, 5.74) is -0.315. The van der Waals surface area contributed by atoms with Gasteiger partial charge in [0, 0.05) is 47.8 Å². The van der Waals surface area contributed by atoms with E-state index in [9.17, 15) is 23.9 Å². The molecule has 7 rings (SSSR count). The number of phenols is 1. The molecule has 0 radical (unpaired) electrons. The highest BCUT2D eigenvalue weighted by atomic mass is 19.1. The minimum atomic E-state index is -1.13. The summed E-state index contributed by atoms with van der Waals surface area (Å²) in [4.78, 5) is 29.7. The number of carbonyl (C=O) groups excluding carboxylic acids is 1. The molecule has 2 aromatic carbocycles. The van der Waals surface area contributed by atoms with Crippen molar-refractivity contribution in [3.8, 4) is 29.1 Å². The van der Waals surface area contributed by atoms with Crippen molar-refractivity contribution in [2.75, 3.05) is 26.2 Å². The zero-order valence-electron chi connectivity index (χ0n) is 25.9. The Morgan fingerprint density at radius 1 is 1.17 bits per heavy atom. The predicted octanol–water partition coefficient (Wildman–Crippen LogP) is 6.26.